The highest BCUT2D eigenvalue weighted by molar-refractivity contribution is 14.1. The van der Waals surface area contributed by atoms with E-state index in [0.717, 1.165) is 0 Å². The summed E-state index contributed by atoms with van der Waals surface area (Å²) >= 11 is 1.98. The lowest BCUT2D eigenvalue weighted by molar-refractivity contribution is 0.0659. The number of hydrogen-bond acceptors (Lipinski definition) is 4. The van der Waals surface area contributed by atoms with Crippen LogP contribution < -0.4 is 5.56 Å². The zero-order valence-electron chi connectivity index (χ0n) is 9.40. The molecule has 0 spiro atoms. The summed E-state index contributed by atoms with van der Waals surface area (Å²) in [6.07, 6.45) is 1.58. The number of aryl methyl sites for hydroxylation is 1. The number of methoxy groups -OCH3 is 1. The van der Waals surface area contributed by atoms with Crippen LogP contribution in [-0.4, -0.2) is 36.5 Å². The summed E-state index contributed by atoms with van der Waals surface area (Å²) in [4.78, 5) is 15.9. The fraction of sp³-hybridized carbons (Fsp3) is 0.600. The van der Waals surface area contributed by atoms with E-state index in [1.807, 2.05) is 29.5 Å². The summed E-state index contributed by atoms with van der Waals surface area (Å²) in [5.41, 5.74) is -0.0107. The molecule has 0 bridgehead atoms. The standard InChI is InChI=1S/C10H15IN2O3/c1-8-12-7-9(11)10(14)13(8)3-4-16-6-5-15-2/h7H,3-6H2,1-2H3. The average molecular weight is 338 g/mol. The van der Waals surface area contributed by atoms with Crippen LogP contribution in [0, 0.1) is 10.5 Å². The normalized spacial score (nSPS) is 10.7. The predicted molar refractivity (Wildman–Crippen MR) is 68.6 cm³/mol. The minimum Gasteiger partial charge on any atom is -0.382 e. The van der Waals surface area contributed by atoms with Crippen molar-refractivity contribution in [3.8, 4) is 0 Å². The van der Waals surface area contributed by atoms with E-state index in [4.69, 9.17) is 9.47 Å². The van der Waals surface area contributed by atoms with Crippen LogP contribution in [0.25, 0.3) is 0 Å². The fourth-order valence-corrected chi connectivity index (χ4v) is 1.64. The van der Waals surface area contributed by atoms with Crippen molar-refractivity contribution in [2.24, 2.45) is 0 Å². The number of rotatable bonds is 6. The van der Waals surface area contributed by atoms with Crippen LogP contribution in [0.4, 0.5) is 0 Å². The third-order valence-corrected chi connectivity index (χ3v) is 2.84. The van der Waals surface area contributed by atoms with Crippen molar-refractivity contribution < 1.29 is 9.47 Å². The van der Waals surface area contributed by atoms with E-state index < -0.39 is 0 Å². The third-order valence-electron chi connectivity index (χ3n) is 2.10. The Kier molecular flexibility index (Phi) is 5.93. The van der Waals surface area contributed by atoms with Crippen LogP contribution in [0.1, 0.15) is 5.82 Å². The molecule has 6 heteroatoms. The lowest BCUT2D eigenvalue weighted by atomic mass is 10.5. The Morgan fingerprint density at radius 3 is 2.88 bits per heavy atom. The topological polar surface area (TPSA) is 53.4 Å². The van der Waals surface area contributed by atoms with Crippen molar-refractivity contribution in [1.29, 1.82) is 0 Å². The first kappa shape index (κ1) is 13.6. The van der Waals surface area contributed by atoms with Crippen LogP contribution in [0.15, 0.2) is 11.0 Å². The van der Waals surface area contributed by atoms with Gasteiger partial charge in [-0.3, -0.25) is 9.36 Å². The number of nitrogens with zero attached hydrogens (tertiary/aromatic N) is 2. The van der Waals surface area contributed by atoms with E-state index in [1.165, 1.54) is 0 Å². The molecule has 0 saturated heterocycles. The molecule has 5 nitrogen and oxygen atoms in total. The summed E-state index contributed by atoms with van der Waals surface area (Å²) in [7, 11) is 1.63. The van der Waals surface area contributed by atoms with Gasteiger partial charge in [-0.2, -0.15) is 0 Å². The maximum atomic E-state index is 11.7. The molecule has 0 aliphatic rings. The number of ether oxygens (including phenoxy) is 2. The van der Waals surface area contributed by atoms with Gasteiger partial charge in [0.25, 0.3) is 5.56 Å². The fourth-order valence-electron chi connectivity index (χ4n) is 1.21. The summed E-state index contributed by atoms with van der Waals surface area (Å²) in [5.74, 6) is 0.709. The predicted octanol–water partition coefficient (Wildman–Crippen LogP) is 0.819. The molecule has 90 valence electrons. The molecule has 1 aromatic heterocycles. The van der Waals surface area contributed by atoms with E-state index in [0.29, 0.717) is 35.8 Å². The number of halogens is 1. The molecule has 0 aliphatic heterocycles. The minimum absolute atomic E-state index is 0.0107. The van der Waals surface area contributed by atoms with Gasteiger partial charge in [0.05, 0.1) is 29.9 Å². The smallest absolute Gasteiger partial charge is 0.267 e. The monoisotopic (exact) mass is 338 g/mol. The number of aromatic nitrogens is 2. The lowest BCUT2D eigenvalue weighted by Gasteiger charge is -2.09. The van der Waals surface area contributed by atoms with E-state index in [-0.39, 0.29) is 5.56 Å². The number of hydrogen-bond donors (Lipinski definition) is 0. The average Bonchev–Trinajstić information content (AvgIpc) is 2.28. The maximum absolute atomic E-state index is 11.7. The van der Waals surface area contributed by atoms with Gasteiger partial charge < -0.3 is 9.47 Å². The summed E-state index contributed by atoms with van der Waals surface area (Å²) in [6, 6.07) is 0. The first-order valence-electron chi connectivity index (χ1n) is 4.95. The van der Waals surface area contributed by atoms with Gasteiger partial charge >= 0.3 is 0 Å². The second-order valence-corrected chi connectivity index (χ2v) is 4.38. The largest absolute Gasteiger partial charge is 0.382 e. The lowest BCUT2D eigenvalue weighted by Crippen LogP contribution is -2.27. The second-order valence-electron chi connectivity index (χ2n) is 3.22. The van der Waals surface area contributed by atoms with Crippen molar-refractivity contribution in [2.45, 2.75) is 13.5 Å². The highest BCUT2D eigenvalue weighted by atomic mass is 127. The molecule has 0 amide bonds. The first-order chi connectivity index (χ1) is 7.66. The second kappa shape index (κ2) is 6.97. The molecule has 1 heterocycles. The van der Waals surface area contributed by atoms with Crippen molar-refractivity contribution in [3.05, 3.63) is 25.9 Å². The molecule has 16 heavy (non-hydrogen) atoms. The zero-order valence-corrected chi connectivity index (χ0v) is 11.6. The molecule has 0 unspecified atom stereocenters. The Bertz CT molecular complexity index is 392. The van der Waals surface area contributed by atoms with Gasteiger partial charge in [-0.25, -0.2) is 4.98 Å². The molecule has 0 radical (unpaired) electrons. The van der Waals surface area contributed by atoms with Gasteiger partial charge in [0.1, 0.15) is 5.82 Å². The van der Waals surface area contributed by atoms with E-state index in [9.17, 15) is 4.79 Å². The molecular formula is C10H15IN2O3. The highest BCUT2D eigenvalue weighted by Crippen LogP contribution is 1.97. The Morgan fingerprint density at radius 1 is 1.44 bits per heavy atom. The van der Waals surface area contributed by atoms with Gasteiger partial charge in [-0.15, -0.1) is 0 Å². The van der Waals surface area contributed by atoms with Crippen molar-refractivity contribution in [3.63, 3.8) is 0 Å². The van der Waals surface area contributed by atoms with E-state index in [1.54, 1.807) is 17.9 Å². The Balaban J connectivity index is 2.54. The van der Waals surface area contributed by atoms with E-state index >= 15 is 0 Å². The third kappa shape index (κ3) is 3.84. The van der Waals surface area contributed by atoms with Crippen molar-refractivity contribution >= 4 is 22.6 Å². The molecule has 0 atom stereocenters. The quantitative estimate of drug-likeness (QED) is 0.569. The van der Waals surface area contributed by atoms with E-state index in [2.05, 4.69) is 4.98 Å². The minimum atomic E-state index is -0.0107. The Labute approximate surface area is 108 Å². The molecular weight excluding hydrogens is 323 g/mol. The molecule has 1 rings (SSSR count). The molecule has 0 aliphatic carbocycles. The maximum Gasteiger partial charge on any atom is 0.267 e. The van der Waals surface area contributed by atoms with Crippen LogP contribution in [0.5, 0.6) is 0 Å². The van der Waals surface area contributed by atoms with Crippen LogP contribution >= 0.6 is 22.6 Å². The van der Waals surface area contributed by atoms with Crippen LogP contribution in [0.2, 0.25) is 0 Å². The summed E-state index contributed by atoms with van der Waals surface area (Å²) in [6.45, 7) is 3.94. The van der Waals surface area contributed by atoms with Gasteiger partial charge in [0, 0.05) is 13.3 Å². The summed E-state index contributed by atoms with van der Waals surface area (Å²) < 4.78 is 12.4. The molecule has 0 N–H and O–H groups in total. The van der Waals surface area contributed by atoms with Gasteiger partial charge in [-0.05, 0) is 29.5 Å². The summed E-state index contributed by atoms with van der Waals surface area (Å²) in [5, 5.41) is 0. The Hall–Kier alpha value is -0.470. The molecule has 0 saturated carbocycles. The van der Waals surface area contributed by atoms with Crippen molar-refractivity contribution in [2.75, 3.05) is 26.9 Å². The Morgan fingerprint density at radius 2 is 2.19 bits per heavy atom. The van der Waals surface area contributed by atoms with Crippen LogP contribution in [-0.2, 0) is 16.0 Å². The SMILES string of the molecule is COCCOCCn1c(C)ncc(I)c1=O. The first-order valence-corrected chi connectivity index (χ1v) is 6.03. The van der Waals surface area contributed by atoms with Gasteiger partial charge in [0.15, 0.2) is 0 Å². The zero-order chi connectivity index (χ0) is 12.0. The van der Waals surface area contributed by atoms with Crippen LogP contribution in [0.3, 0.4) is 0 Å². The highest BCUT2D eigenvalue weighted by Gasteiger charge is 2.04. The molecule has 0 aromatic carbocycles. The van der Waals surface area contributed by atoms with Gasteiger partial charge in [0.2, 0.25) is 0 Å². The van der Waals surface area contributed by atoms with Gasteiger partial charge in [-0.1, -0.05) is 0 Å². The molecule has 1 aromatic rings. The van der Waals surface area contributed by atoms with Crippen molar-refractivity contribution in [1.82, 2.24) is 9.55 Å². The molecule has 0 fully saturated rings.